The van der Waals surface area contributed by atoms with E-state index in [0.717, 1.165) is 25.5 Å². The second-order valence-electron chi connectivity index (χ2n) is 7.71. The van der Waals surface area contributed by atoms with E-state index in [9.17, 15) is 19.8 Å². The molecule has 0 radical (unpaired) electrons. The molecule has 2 aromatic heterocycles. The van der Waals surface area contributed by atoms with Gasteiger partial charge < -0.3 is 33.9 Å². The zero-order chi connectivity index (χ0) is 22.6. The van der Waals surface area contributed by atoms with Crippen molar-refractivity contribution in [3.05, 3.63) is 24.0 Å². The maximum absolute atomic E-state index is 11.6. The van der Waals surface area contributed by atoms with Gasteiger partial charge >= 0.3 is 5.97 Å². The van der Waals surface area contributed by atoms with E-state index in [1.165, 1.54) is 21.6 Å². The van der Waals surface area contributed by atoms with Crippen molar-refractivity contribution in [3.63, 3.8) is 0 Å². The third-order valence-corrected chi connectivity index (χ3v) is 7.52. The van der Waals surface area contributed by atoms with Gasteiger partial charge in [0, 0.05) is 14.1 Å². The first-order valence-electron chi connectivity index (χ1n) is 9.41. The fourth-order valence-corrected chi connectivity index (χ4v) is 5.66. The molecule has 0 unspecified atom stereocenters. The van der Waals surface area contributed by atoms with Gasteiger partial charge in [-0.05, 0) is 21.6 Å². The summed E-state index contributed by atoms with van der Waals surface area (Å²) in [5.41, 5.74) is 1.41. The van der Waals surface area contributed by atoms with Crippen LogP contribution < -0.4 is 14.9 Å². The Morgan fingerprint density at radius 2 is 1.37 bits per heavy atom. The summed E-state index contributed by atoms with van der Waals surface area (Å²) in [7, 11) is 13.8. The van der Waals surface area contributed by atoms with Crippen LogP contribution in [-0.2, 0) is 36.5 Å². The monoisotopic (exact) mass is 457 g/mol. The number of aromatic nitrogens is 4. The molecule has 2 heterocycles. The van der Waals surface area contributed by atoms with Gasteiger partial charge in [0.1, 0.15) is 16.1 Å². The van der Waals surface area contributed by atoms with Gasteiger partial charge in [-0.25, -0.2) is 14.8 Å². The molecule has 0 fully saturated rings. The summed E-state index contributed by atoms with van der Waals surface area (Å²) in [6.45, 7) is 0. The van der Waals surface area contributed by atoms with Crippen LogP contribution in [0.25, 0.3) is 0 Å². The Bertz CT molecular complexity index is 823. The fourth-order valence-electron chi connectivity index (χ4n) is 2.96. The molecule has 2 rings (SSSR count). The fraction of sp³-hybridized carbons (Fsp3) is 0.556. The molecule has 0 saturated carbocycles. The van der Waals surface area contributed by atoms with E-state index in [0.29, 0.717) is 12.1 Å². The highest BCUT2D eigenvalue weighted by molar-refractivity contribution is 8.76. The molecule has 0 aliphatic rings. The number of carbonyl (C=O) groups is 2. The number of rotatable bonds is 11. The minimum atomic E-state index is -1.11. The number of carboxylic acid groups (broad SMARTS) is 2. The molecule has 0 amide bonds. The number of carbonyl (C=O) groups excluding carboxylic acids is 1. The Kier molecular flexibility index (Phi) is 8.35. The second kappa shape index (κ2) is 10.3. The summed E-state index contributed by atoms with van der Waals surface area (Å²) < 4.78 is 3.71. The highest BCUT2D eigenvalue weighted by Gasteiger charge is 2.28. The number of hydrogen-bond acceptors (Lipinski definition) is 7. The van der Waals surface area contributed by atoms with Gasteiger partial charge in [0.2, 0.25) is 0 Å². The average Bonchev–Trinajstić information content (AvgIpc) is 3.16. The van der Waals surface area contributed by atoms with Crippen molar-refractivity contribution in [3.8, 4) is 0 Å². The van der Waals surface area contributed by atoms with Crippen molar-refractivity contribution in [2.45, 2.75) is 35.0 Å². The summed E-state index contributed by atoms with van der Waals surface area (Å²) in [6, 6.07) is -1.29. The van der Waals surface area contributed by atoms with Crippen LogP contribution >= 0.6 is 21.6 Å². The van der Waals surface area contributed by atoms with Crippen LogP contribution in [0, 0.1) is 0 Å². The quantitative estimate of drug-likeness (QED) is 0.303. The van der Waals surface area contributed by atoms with Crippen LogP contribution in [-0.4, -0.2) is 76.4 Å². The number of quaternary nitrogens is 2. The van der Waals surface area contributed by atoms with Crippen molar-refractivity contribution < 1.29 is 29.6 Å². The normalized spacial score (nSPS) is 13.7. The molecule has 0 bridgehead atoms. The molecule has 3 N–H and O–H groups in total. The Morgan fingerprint density at radius 1 is 0.967 bits per heavy atom. The number of nitrogens with one attached hydrogen (secondary N) is 2. The van der Waals surface area contributed by atoms with Gasteiger partial charge in [0.05, 0.1) is 71.0 Å². The molecule has 30 heavy (non-hydrogen) atoms. The SMILES string of the molecule is Cn1cnc(C[C@@H](C(=O)[O-])[NH+](C)C)c1SSc1c(C[C@@H](C(=O)O)[NH+](C)C)ncn1C. The molecular formula is C18H29N6O4S2+. The van der Waals surface area contributed by atoms with Crippen molar-refractivity contribution in [1.29, 1.82) is 0 Å². The molecule has 0 spiro atoms. The molecular weight excluding hydrogens is 428 g/mol. The van der Waals surface area contributed by atoms with Crippen LogP contribution in [0.2, 0.25) is 0 Å². The lowest BCUT2D eigenvalue weighted by atomic mass is 10.1. The van der Waals surface area contributed by atoms with E-state index >= 15 is 0 Å². The lowest BCUT2D eigenvalue weighted by Crippen LogP contribution is -3.12. The minimum Gasteiger partial charge on any atom is -0.544 e. The maximum Gasteiger partial charge on any atom is 0.362 e. The summed E-state index contributed by atoms with van der Waals surface area (Å²) in [6.07, 6.45) is 3.91. The zero-order valence-electron chi connectivity index (χ0n) is 18.0. The molecule has 2 aromatic rings. The Balaban J connectivity index is 2.21. The summed E-state index contributed by atoms with van der Waals surface area (Å²) in [5, 5.41) is 22.7. The highest BCUT2D eigenvalue weighted by atomic mass is 33.1. The van der Waals surface area contributed by atoms with Gasteiger partial charge in [0.25, 0.3) is 0 Å². The molecule has 0 saturated heterocycles. The average molecular weight is 458 g/mol. The topological polar surface area (TPSA) is 122 Å². The first-order valence-corrected chi connectivity index (χ1v) is 11.6. The van der Waals surface area contributed by atoms with Gasteiger partial charge in [-0.15, -0.1) is 0 Å². The molecule has 0 aliphatic heterocycles. The Labute approximate surface area is 183 Å². The number of likely N-dealkylation sites (N-methyl/N-ethyl adjacent to an activating group) is 2. The van der Waals surface area contributed by atoms with Crippen molar-refractivity contribution in [2.75, 3.05) is 28.2 Å². The van der Waals surface area contributed by atoms with Crippen LogP contribution in [0.3, 0.4) is 0 Å². The first kappa shape index (κ1) is 24.3. The van der Waals surface area contributed by atoms with E-state index in [-0.39, 0.29) is 6.42 Å². The van der Waals surface area contributed by atoms with E-state index in [1.807, 2.05) is 37.3 Å². The van der Waals surface area contributed by atoms with E-state index < -0.39 is 24.0 Å². The third kappa shape index (κ3) is 5.78. The Morgan fingerprint density at radius 3 is 1.70 bits per heavy atom. The summed E-state index contributed by atoms with van der Waals surface area (Å²) >= 11 is 0. The molecule has 0 aromatic carbocycles. The number of aryl methyl sites for hydroxylation is 2. The first-order chi connectivity index (χ1) is 14.0. The molecule has 12 heteroatoms. The van der Waals surface area contributed by atoms with Gasteiger partial charge in [-0.2, -0.15) is 0 Å². The number of nitrogens with zero attached hydrogens (tertiary/aromatic N) is 4. The largest absolute Gasteiger partial charge is 0.544 e. The van der Waals surface area contributed by atoms with Gasteiger partial charge in [-0.1, -0.05) is 0 Å². The standard InChI is InChI=1S/C18H28N6O4S2/c1-21(2)13(17(25)26)7-11-15(23(5)9-19-11)29-30-16-12(20-10-24(16)6)8-14(18(27)28)22(3)4/h9-10,13-14H,7-8H2,1-6H3,(H,25,26)(H,27,28)/p+1/t13-,14-/m0/s1. The van der Waals surface area contributed by atoms with E-state index in [1.54, 1.807) is 26.7 Å². The van der Waals surface area contributed by atoms with Gasteiger partial charge in [-0.3, -0.25) is 0 Å². The van der Waals surface area contributed by atoms with Crippen molar-refractivity contribution >= 4 is 33.5 Å². The highest BCUT2D eigenvalue weighted by Crippen LogP contribution is 2.40. The number of hydrogen-bond donors (Lipinski definition) is 3. The number of aliphatic carboxylic acids is 2. The van der Waals surface area contributed by atoms with Crippen molar-refractivity contribution in [2.24, 2.45) is 14.1 Å². The molecule has 0 aliphatic carbocycles. The van der Waals surface area contributed by atoms with Crippen molar-refractivity contribution in [1.82, 2.24) is 19.1 Å². The number of carboxylic acids is 2. The third-order valence-electron chi connectivity index (χ3n) is 4.88. The molecule has 2 atom stereocenters. The zero-order valence-corrected chi connectivity index (χ0v) is 19.6. The van der Waals surface area contributed by atoms with E-state index in [2.05, 4.69) is 9.97 Å². The molecule has 166 valence electrons. The summed E-state index contributed by atoms with van der Waals surface area (Å²) in [5.74, 6) is -1.97. The van der Waals surface area contributed by atoms with E-state index in [4.69, 9.17) is 0 Å². The Hall–Kier alpha value is -2.02. The maximum atomic E-state index is 11.6. The second-order valence-corrected chi connectivity index (χ2v) is 9.81. The predicted molar refractivity (Wildman–Crippen MR) is 111 cm³/mol. The van der Waals surface area contributed by atoms with Crippen LogP contribution in [0.4, 0.5) is 0 Å². The number of imidazole rings is 2. The van der Waals surface area contributed by atoms with Crippen LogP contribution in [0.5, 0.6) is 0 Å². The molecule has 10 nitrogen and oxygen atoms in total. The lowest BCUT2D eigenvalue weighted by molar-refractivity contribution is -0.878. The van der Waals surface area contributed by atoms with Crippen LogP contribution in [0.1, 0.15) is 11.4 Å². The summed E-state index contributed by atoms with van der Waals surface area (Å²) in [4.78, 5) is 33.4. The minimum absolute atomic E-state index is 0.262. The smallest absolute Gasteiger partial charge is 0.362 e. The predicted octanol–water partition coefficient (Wildman–Crippen LogP) is -3.10. The van der Waals surface area contributed by atoms with Gasteiger partial charge in [0.15, 0.2) is 6.04 Å². The lowest BCUT2D eigenvalue weighted by Gasteiger charge is -2.21. The van der Waals surface area contributed by atoms with Crippen LogP contribution in [0.15, 0.2) is 22.7 Å².